The molecule has 2 aliphatic heterocycles. The van der Waals surface area contributed by atoms with Gasteiger partial charge < -0.3 is 70.0 Å². The summed E-state index contributed by atoms with van der Waals surface area (Å²) in [4.78, 5) is 0. The molecule has 0 amide bonds. The van der Waals surface area contributed by atoms with Crippen molar-refractivity contribution < 1.29 is 70.0 Å². The molecule has 322 valence electrons. The zero-order chi connectivity index (χ0) is 41.1. The molecule has 10 N–H and O–H groups in total. The predicted molar refractivity (Wildman–Crippen MR) is 200 cm³/mol. The van der Waals surface area contributed by atoms with Gasteiger partial charge in [-0.05, 0) is 91.8 Å². The number of hydrogen-bond donors (Lipinski definition) is 10. The van der Waals surface area contributed by atoms with Crippen LogP contribution in [0.5, 0.6) is 0 Å². The van der Waals surface area contributed by atoms with Crippen LogP contribution >= 0.6 is 0 Å². The molecular formula is C42H70O14. The van der Waals surface area contributed by atoms with E-state index in [1.165, 1.54) is 5.57 Å². The number of aliphatic hydroxyl groups is 10. The summed E-state index contributed by atoms with van der Waals surface area (Å²) in [6, 6.07) is 0. The quantitative estimate of drug-likeness (QED) is 0.126. The molecule has 7 aliphatic rings. The summed E-state index contributed by atoms with van der Waals surface area (Å²) >= 11 is 0. The Morgan fingerprint density at radius 2 is 1.39 bits per heavy atom. The molecule has 0 unspecified atom stereocenters. The van der Waals surface area contributed by atoms with E-state index in [2.05, 4.69) is 40.7 Å². The van der Waals surface area contributed by atoms with Crippen molar-refractivity contribution in [2.75, 3.05) is 19.8 Å². The molecule has 0 aromatic carbocycles. The third-order valence-corrected chi connectivity index (χ3v) is 17.4. The van der Waals surface area contributed by atoms with Crippen molar-refractivity contribution in [3.8, 4) is 0 Å². The van der Waals surface area contributed by atoms with E-state index in [0.717, 1.165) is 32.1 Å². The van der Waals surface area contributed by atoms with Crippen LogP contribution in [0.15, 0.2) is 11.6 Å². The van der Waals surface area contributed by atoms with Crippen molar-refractivity contribution in [1.82, 2.24) is 0 Å². The maximum absolute atomic E-state index is 12.4. The van der Waals surface area contributed by atoms with Gasteiger partial charge in [-0.1, -0.05) is 53.2 Å². The summed E-state index contributed by atoms with van der Waals surface area (Å²) in [6.07, 6.45) is -9.02. The van der Waals surface area contributed by atoms with Gasteiger partial charge in [0.25, 0.3) is 0 Å². The minimum atomic E-state index is -1.75. The van der Waals surface area contributed by atoms with E-state index in [9.17, 15) is 51.1 Å². The molecule has 7 rings (SSSR count). The van der Waals surface area contributed by atoms with Gasteiger partial charge in [-0.15, -0.1) is 0 Å². The first-order chi connectivity index (χ1) is 26.1. The summed E-state index contributed by atoms with van der Waals surface area (Å²) in [5.74, 6) is -0.373. The fraction of sp³-hybridized carbons (Fsp3) is 0.952. The Morgan fingerprint density at radius 1 is 0.714 bits per heavy atom. The lowest BCUT2D eigenvalue weighted by molar-refractivity contribution is -0.368. The maximum Gasteiger partial charge on any atom is 0.187 e. The molecule has 4 saturated carbocycles. The van der Waals surface area contributed by atoms with Gasteiger partial charge >= 0.3 is 0 Å². The Kier molecular flexibility index (Phi) is 11.3. The summed E-state index contributed by atoms with van der Waals surface area (Å²) in [5, 5.41) is 110. The van der Waals surface area contributed by atoms with Crippen molar-refractivity contribution in [1.29, 1.82) is 0 Å². The molecule has 14 nitrogen and oxygen atoms in total. The lowest BCUT2D eigenvalue weighted by Crippen LogP contribution is -2.70. The zero-order valence-electron chi connectivity index (χ0n) is 34.2. The van der Waals surface area contributed by atoms with Crippen LogP contribution in [-0.2, 0) is 18.9 Å². The molecule has 0 aromatic rings. The Labute approximate surface area is 330 Å². The monoisotopic (exact) mass is 798 g/mol. The second kappa shape index (κ2) is 14.7. The second-order valence-electron chi connectivity index (χ2n) is 20.8. The molecule has 2 heterocycles. The number of ether oxygens (including phenoxy) is 4. The third-order valence-electron chi connectivity index (χ3n) is 17.4. The van der Waals surface area contributed by atoms with Crippen LogP contribution < -0.4 is 0 Å². The maximum atomic E-state index is 12.4. The lowest BCUT2D eigenvalue weighted by Gasteiger charge is -2.72. The van der Waals surface area contributed by atoms with Crippen molar-refractivity contribution in [2.24, 2.45) is 50.2 Å². The van der Waals surface area contributed by atoms with Crippen molar-refractivity contribution in [3.63, 3.8) is 0 Å². The highest BCUT2D eigenvalue weighted by Crippen LogP contribution is 2.76. The van der Waals surface area contributed by atoms with Gasteiger partial charge in [-0.25, -0.2) is 0 Å². The normalized spacial score (nSPS) is 56.9. The van der Waals surface area contributed by atoms with E-state index >= 15 is 0 Å². The van der Waals surface area contributed by atoms with Gasteiger partial charge in [0.2, 0.25) is 0 Å². The second-order valence-corrected chi connectivity index (χ2v) is 20.8. The number of aliphatic hydroxyl groups excluding tert-OH is 10. The molecule has 56 heavy (non-hydrogen) atoms. The molecule has 0 aromatic heterocycles. The molecule has 0 radical (unpaired) electrons. The van der Waals surface area contributed by atoms with Crippen LogP contribution in [0.4, 0.5) is 0 Å². The fourth-order valence-corrected chi connectivity index (χ4v) is 13.8. The summed E-state index contributed by atoms with van der Waals surface area (Å²) in [5.41, 5.74) is -1.56. The standard InChI is InChI=1S/C42H70O14/c1-20-28(48)33(56-35-31(51)30(50)29(49)24(17-43)54-35)32(52)36(53-20)55-27-9-10-38(4)25(39(27,5)18-44)8-11-40(6)34(38)23(46)14-21-22-15-37(2,3)12-13-42(22,19-45)26(47)16-41(21,40)7/h14,20,22-36,43-52H,8-13,15-19H2,1-7H3/t20-,22-,23-,24-,25+,26+,27+,28+,29-,30+,31-,32-,33+,34-,35+,36+,38+,39+,40-,41-,42-/m1/s1. The third kappa shape index (κ3) is 6.17. The molecule has 2 saturated heterocycles. The summed E-state index contributed by atoms with van der Waals surface area (Å²) in [7, 11) is 0. The van der Waals surface area contributed by atoms with E-state index < -0.39 is 113 Å². The SMILES string of the molecule is C[C@H]1O[C@@H](O[C@H]2CC[C@@]3(C)[C@H](CC[C@]4(C)[C@@H]3[C@H](O)C=C3[C@H]5CC(C)(C)CC[C@]5(CO)[C@@H](O)C[C@]34C)[C@]2(C)CO)[C@H](O)[C@@H](O[C@@H]2O[C@H](CO)[C@@H](O)[C@H](O)[C@H]2O)[C@H]1O. The van der Waals surface area contributed by atoms with Gasteiger partial charge in [-0.2, -0.15) is 0 Å². The van der Waals surface area contributed by atoms with E-state index in [1.54, 1.807) is 6.92 Å². The van der Waals surface area contributed by atoms with Crippen molar-refractivity contribution >= 4 is 0 Å². The minimum absolute atomic E-state index is 0.0351. The van der Waals surface area contributed by atoms with Crippen LogP contribution in [0, 0.1) is 50.2 Å². The fourth-order valence-electron chi connectivity index (χ4n) is 13.8. The molecule has 0 spiro atoms. The molecule has 6 fully saturated rings. The van der Waals surface area contributed by atoms with Crippen LogP contribution in [0.2, 0.25) is 0 Å². The lowest BCUT2D eigenvalue weighted by atomic mass is 9.33. The first-order valence-corrected chi connectivity index (χ1v) is 21.0. The average molecular weight is 799 g/mol. The predicted octanol–water partition coefficient (Wildman–Crippen LogP) is 0.731. The van der Waals surface area contributed by atoms with Crippen LogP contribution in [-0.4, -0.2) is 151 Å². The van der Waals surface area contributed by atoms with E-state index in [1.807, 2.05) is 6.92 Å². The molecule has 21 atom stereocenters. The average Bonchev–Trinajstić information content (AvgIpc) is 3.14. The highest BCUT2D eigenvalue weighted by atomic mass is 16.7. The molecule has 0 bridgehead atoms. The van der Waals surface area contributed by atoms with Gasteiger partial charge in [0.1, 0.15) is 42.7 Å². The van der Waals surface area contributed by atoms with Crippen LogP contribution in [0.25, 0.3) is 0 Å². The highest BCUT2D eigenvalue weighted by Gasteiger charge is 2.72. The van der Waals surface area contributed by atoms with Gasteiger partial charge in [0, 0.05) is 16.7 Å². The van der Waals surface area contributed by atoms with Crippen molar-refractivity contribution in [2.45, 2.75) is 180 Å². The highest BCUT2D eigenvalue weighted by molar-refractivity contribution is 5.37. The van der Waals surface area contributed by atoms with E-state index in [0.29, 0.717) is 19.3 Å². The van der Waals surface area contributed by atoms with Crippen LogP contribution in [0.3, 0.4) is 0 Å². The zero-order valence-corrected chi connectivity index (χ0v) is 34.2. The Balaban J connectivity index is 1.15. The van der Waals surface area contributed by atoms with Gasteiger partial charge in [0.15, 0.2) is 12.6 Å². The number of hydrogen-bond acceptors (Lipinski definition) is 14. The molecule has 14 heteroatoms. The topological polar surface area (TPSA) is 239 Å². The Bertz CT molecular complexity index is 1480. The van der Waals surface area contributed by atoms with E-state index in [-0.39, 0.29) is 36.4 Å². The summed E-state index contributed by atoms with van der Waals surface area (Å²) in [6.45, 7) is 13.9. The first-order valence-electron chi connectivity index (χ1n) is 21.0. The first kappa shape index (κ1) is 43.3. The minimum Gasteiger partial charge on any atom is -0.396 e. The molecule has 5 aliphatic carbocycles. The molecular weight excluding hydrogens is 728 g/mol. The van der Waals surface area contributed by atoms with Gasteiger partial charge in [-0.3, -0.25) is 0 Å². The summed E-state index contributed by atoms with van der Waals surface area (Å²) < 4.78 is 24.0. The number of rotatable bonds is 7. The van der Waals surface area contributed by atoms with E-state index in [4.69, 9.17) is 18.9 Å². The Hall–Kier alpha value is -0.820. The smallest absolute Gasteiger partial charge is 0.187 e. The van der Waals surface area contributed by atoms with Gasteiger partial charge in [0.05, 0.1) is 44.2 Å². The van der Waals surface area contributed by atoms with Crippen LogP contribution in [0.1, 0.15) is 99.8 Å². The largest absolute Gasteiger partial charge is 0.396 e. The Morgan fingerprint density at radius 3 is 2.04 bits per heavy atom. The van der Waals surface area contributed by atoms with Crippen molar-refractivity contribution in [3.05, 3.63) is 11.6 Å². The number of fused-ring (bicyclic) bond motifs is 7. The number of allylic oxidation sites excluding steroid dienone is 1.